The van der Waals surface area contributed by atoms with Crippen molar-refractivity contribution in [1.29, 1.82) is 0 Å². The summed E-state index contributed by atoms with van der Waals surface area (Å²) in [7, 11) is 0. The second kappa shape index (κ2) is 6.70. The van der Waals surface area contributed by atoms with E-state index in [2.05, 4.69) is 31.9 Å². The van der Waals surface area contributed by atoms with Crippen LogP contribution in [0.4, 0.5) is 4.39 Å². The molecular formula is C15H14Br2FNO. The highest BCUT2D eigenvalue weighted by Gasteiger charge is 2.07. The summed E-state index contributed by atoms with van der Waals surface area (Å²) in [5.41, 5.74) is 6.90. The Kier molecular flexibility index (Phi) is 5.18. The van der Waals surface area contributed by atoms with Crippen LogP contribution in [-0.2, 0) is 6.42 Å². The third-order valence-electron chi connectivity index (χ3n) is 2.67. The van der Waals surface area contributed by atoms with Crippen LogP contribution in [0.15, 0.2) is 45.3 Å². The van der Waals surface area contributed by atoms with Gasteiger partial charge in [-0.15, -0.1) is 0 Å². The Hall–Kier alpha value is -0.910. The number of ether oxygens (including phenoxy) is 1. The molecule has 0 amide bonds. The van der Waals surface area contributed by atoms with Crippen molar-refractivity contribution in [3.63, 3.8) is 0 Å². The molecule has 20 heavy (non-hydrogen) atoms. The fraction of sp³-hybridized carbons (Fsp3) is 0.200. The summed E-state index contributed by atoms with van der Waals surface area (Å²) in [4.78, 5) is 0. The predicted molar refractivity (Wildman–Crippen MR) is 85.7 cm³/mol. The first-order valence-electron chi connectivity index (χ1n) is 6.12. The molecule has 5 heteroatoms. The Bertz CT molecular complexity index is 617. The molecule has 1 atom stereocenters. The average molecular weight is 403 g/mol. The Balaban J connectivity index is 2.19. The molecule has 2 rings (SSSR count). The normalized spacial score (nSPS) is 12.2. The Morgan fingerprint density at radius 2 is 1.90 bits per heavy atom. The minimum absolute atomic E-state index is 0.106. The first kappa shape index (κ1) is 15.5. The Morgan fingerprint density at radius 1 is 1.15 bits per heavy atom. The molecule has 0 heterocycles. The van der Waals surface area contributed by atoms with E-state index in [4.69, 9.17) is 10.5 Å². The third-order valence-corrected chi connectivity index (χ3v) is 3.94. The van der Waals surface area contributed by atoms with Crippen LogP contribution >= 0.6 is 31.9 Å². The maximum Gasteiger partial charge on any atom is 0.141 e. The molecule has 0 aliphatic rings. The summed E-state index contributed by atoms with van der Waals surface area (Å²) >= 11 is 6.57. The van der Waals surface area contributed by atoms with E-state index in [1.165, 1.54) is 6.07 Å². The van der Waals surface area contributed by atoms with E-state index in [0.717, 1.165) is 16.5 Å². The molecule has 2 N–H and O–H groups in total. The summed E-state index contributed by atoms with van der Waals surface area (Å²) in [6.45, 7) is 1.96. The van der Waals surface area contributed by atoms with Gasteiger partial charge in [0.1, 0.15) is 17.3 Å². The molecule has 2 aromatic carbocycles. The van der Waals surface area contributed by atoms with E-state index in [0.29, 0.717) is 16.0 Å². The van der Waals surface area contributed by atoms with Crippen LogP contribution in [0.1, 0.15) is 12.5 Å². The topological polar surface area (TPSA) is 35.2 Å². The Morgan fingerprint density at radius 3 is 2.50 bits per heavy atom. The standard InChI is InChI=1S/C15H14Br2FNO/c1-9(19)6-10-2-5-15(13(17)7-10)20-11-3-4-12(16)14(18)8-11/h2-5,7-9H,6,19H2,1H3. The molecule has 0 radical (unpaired) electrons. The largest absolute Gasteiger partial charge is 0.456 e. The van der Waals surface area contributed by atoms with Gasteiger partial charge >= 0.3 is 0 Å². The van der Waals surface area contributed by atoms with Crippen molar-refractivity contribution in [3.8, 4) is 11.5 Å². The molecule has 0 saturated carbocycles. The molecule has 0 aliphatic carbocycles. The Labute approximate surface area is 134 Å². The smallest absolute Gasteiger partial charge is 0.141 e. The molecule has 0 aromatic heterocycles. The lowest BCUT2D eigenvalue weighted by Crippen LogP contribution is -2.17. The van der Waals surface area contributed by atoms with Crippen LogP contribution < -0.4 is 10.5 Å². The molecule has 0 spiro atoms. The zero-order chi connectivity index (χ0) is 14.7. The van der Waals surface area contributed by atoms with Crippen molar-refractivity contribution in [2.75, 3.05) is 0 Å². The van der Waals surface area contributed by atoms with Crippen molar-refractivity contribution in [2.45, 2.75) is 19.4 Å². The van der Waals surface area contributed by atoms with Crippen LogP contribution in [0.2, 0.25) is 0 Å². The van der Waals surface area contributed by atoms with Crippen molar-refractivity contribution in [1.82, 2.24) is 0 Å². The minimum atomic E-state index is -0.354. The van der Waals surface area contributed by atoms with Crippen molar-refractivity contribution < 1.29 is 9.13 Å². The lowest BCUT2D eigenvalue weighted by atomic mass is 10.1. The van der Waals surface area contributed by atoms with Crippen LogP contribution in [0.3, 0.4) is 0 Å². The van der Waals surface area contributed by atoms with Gasteiger partial charge in [-0.3, -0.25) is 0 Å². The number of halogens is 3. The van der Waals surface area contributed by atoms with E-state index in [1.54, 1.807) is 12.1 Å². The molecular weight excluding hydrogens is 389 g/mol. The predicted octanol–water partition coefficient (Wildman–Crippen LogP) is 5.03. The monoisotopic (exact) mass is 401 g/mol. The summed E-state index contributed by atoms with van der Waals surface area (Å²) in [6, 6.07) is 10.5. The second-order valence-electron chi connectivity index (χ2n) is 4.62. The number of hydrogen-bond donors (Lipinski definition) is 1. The zero-order valence-electron chi connectivity index (χ0n) is 10.9. The highest BCUT2D eigenvalue weighted by Crippen LogP contribution is 2.32. The first-order chi connectivity index (χ1) is 9.45. The number of hydrogen-bond acceptors (Lipinski definition) is 2. The maximum absolute atomic E-state index is 13.4. The van der Waals surface area contributed by atoms with Crippen molar-refractivity contribution in [2.24, 2.45) is 5.73 Å². The maximum atomic E-state index is 13.4. The number of rotatable bonds is 4. The van der Waals surface area contributed by atoms with Crippen molar-refractivity contribution >= 4 is 31.9 Å². The number of benzene rings is 2. The SMILES string of the molecule is CC(N)Cc1ccc(Oc2ccc(Br)c(F)c2)c(Br)c1. The van der Waals surface area contributed by atoms with Gasteiger partial charge in [-0.25, -0.2) is 4.39 Å². The molecule has 0 bridgehead atoms. The molecule has 0 aliphatic heterocycles. The highest BCUT2D eigenvalue weighted by molar-refractivity contribution is 9.10. The van der Waals surface area contributed by atoms with Crippen molar-refractivity contribution in [3.05, 3.63) is 56.7 Å². The van der Waals surface area contributed by atoms with Crippen LogP contribution in [-0.4, -0.2) is 6.04 Å². The molecule has 1 unspecified atom stereocenters. The number of nitrogens with two attached hydrogens (primary N) is 1. The lowest BCUT2D eigenvalue weighted by molar-refractivity contribution is 0.473. The fourth-order valence-corrected chi connectivity index (χ4v) is 2.55. The van der Waals surface area contributed by atoms with E-state index >= 15 is 0 Å². The fourth-order valence-electron chi connectivity index (χ4n) is 1.79. The molecule has 106 valence electrons. The zero-order valence-corrected chi connectivity index (χ0v) is 14.0. The van der Waals surface area contributed by atoms with E-state index in [1.807, 2.05) is 25.1 Å². The van der Waals surface area contributed by atoms with E-state index < -0.39 is 0 Å². The second-order valence-corrected chi connectivity index (χ2v) is 6.33. The molecule has 2 nitrogen and oxygen atoms in total. The van der Waals surface area contributed by atoms with Gasteiger partial charge in [0.15, 0.2) is 0 Å². The van der Waals surface area contributed by atoms with Gasteiger partial charge in [-0.1, -0.05) is 6.07 Å². The average Bonchev–Trinajstić information content (AvgIpc) is 2.36. The van der Waals surface area contributed by atoms with Crippen LogP contribution in [0, 0.1) is 5.82 Å². The van der Waals surface area contributed by atoms with Gasteiger partial charge in [0.2, 0.25) is 0 Å². The summed E-state index contributed by atoms with van der Waals surface area (Å²) in [5, 5.41) is 0. The lowest BCUT2D eigenvalue weighted by Gasteiger charge is -2.11. The van der Waals surface area contributed by atoms with Gasteiger partial charge < -0.3 is 10.5 Å². The third kappa shape index (κ3) is 4.04. The summed E-state index contributed by atoms with van der Waals surface area (Å²) in [6.07, 6.45) is 0.797. The van der Waals surface area contributed by atoms with Gasteiger partial charge in [-0.2, -0.15) is 0 Å². The first-order valence-corrected chi connectivity index (χ1v) is 7.71. The van der Waals surface area contributed by atoms with Gasteiger partial charge in [0, 0.05) is 12.1 Å². The molecule has 2 aromatic rings. The molecule has 0 fully saturated rings. The van der Waals surface area contributed by atoms with Gasteiger partial charge in [0.25, 0.3) is 0 Å². The van der Waals surface area contributed by atoms with Crippen LogP contribution in [0.25, 0.3) is 0 Å². The summed E-state index contributed by atoms with van der Waals surface area (Å²) < 4.78 is 20.3. The van der Waals surface area contributed by atoms with E-state index in [-0.39, 0.29) is 11.9 Å². The van der Waals surface area contributed by atoms with Gasteiger partial charge in [0.05, 0.1) is 8.95 Å². The van der Waals surface area contributed by atoms with E-state index in [9.17, 15) is 4.39 Å². The van der Waals surface area contributed by atoms with Gasteiger partial charge in [-0.05, 0) is 75.0 Å². The quantitative estimate of drug-likeness (QED) is 0.777. The molecule has 0 saturated heterocycles. The minimum Gasteiger partial charge on any atom is -0.456 e. The van der Waals surface area contributed by atoms with Crippen LogP contribution in [0.5, 0.6) is 11.5 Å². The summed E-state index contributed by atoms with van der Waals surface area (Å²) in [5.74, 6) is 0.735. The highest BCUT2D eigenvalue weighted by atomic mass is 79.9.